The maximum atomic E-state index is 12.9. The Balaban J connectivity index is 0.000000374. The SMILES string of the molecule is C#C.CNc1nc2c(CCC(C)(F)F)ccc(C(F)(F)F)n2n1.Cc1cc(N/C=C/N)ncn1. The minimum Gasteiger partial charge on any atom is -0.403 e. The van der Waals surface area contributed by atoms with Crippen LogP contribution >= 0.6 is 0 Å². The van der Waals surface area contributed by atoms with Gasteiger partial charge in [0, 0.05) is 37.6 Å². The first-order valence-electron chi connectivity index (χ1n) is 9.71. The first-order chi connectivity index (χ1) is 15.9. The van der Waals surface area contributed by atoms with Crippen LogP contribution in [0.3, 0.4) is 0 Å². The van der Waals surface area contributed by atoms with Crippen molar-refractivity contribution in [2.75, 3.05) is 17.7 Å². The summed E-state index contributed by atoms with van der Waals surface area (Å²) in [5.74, 6) is -2.15. The highest BCUT2D eigenvalue weighted by Crippen LogP contribution is 2.31. The Hall–Kier alpha value is -3.95. The van der Waals surface area contributed by atoms with Gasteiger partial charge in [-0.05, 0) is 31.9 Å². The fourth-order valence-corrected chi connectivity index (χ4v) is 2.55. The predicted molar refractivity (Wildman–Crippen MR) is 120 cm³/mol. The number of fused-ring (bicyclic) bond motifs is 1. The molecule has 0 spiro atoms. The van der Waals surface area contributed by atoms with Crippen LogP contribution in [0.5, 0.6) is 0 Å². The molecule has 0 bridgehead atoms. The van der Waals surface area contributed by atoms with E-state index in [0.717, 1.165) is 30.6 Å². The van der Waals surface area contributed by atoms with E-state index in [9.17, 15) is 22.0 Å². The van der Waals surface area contributed by atoms with Crippen LogP contribution in [0.15, 0.2) is 36.9 Å². The zero-order chi connectivity index (χ0) is 25.9. The summed E-state index contributed by atoms with van der Waals surface area (Å²) in [6.07, 6.45) is 7.36. The highest BCUT2D eigenvalue weighted by Gasteiger charge is 2.35. The topological polar surface area (TPSA) is 106 Å². The van der Waals surface area contributed by atoms with E-state index in [2.05, 4.69) is 43.5 Å². The maximum Gasteiger partial charge on any atom is 0.433 e. The summed E-state index contributed by atoms with van der Waals surface area (Å²) in [5.41, 5.74) is 5.27. The van der Waals surface area contributed by atoms with Crippen molar-refractivity contribution in [2.24, 2.45) is 5.73 Å². The number of terminal acetylenes is 1. The Bertz CT molecular complexity index is 1100. The summed E-state index contributed by atoms with van der Waals surface area (Å²) in [5, 5.41) is 9.10. The Morgan fingerprint density at radius 3 is 2.35 bits per heavy atom. The van der Waals surface area contributed by atoms with E-state index < -0.39 is 24.2 Å². The first-order valence-corrected chi connectivity index (χ1v) is 9.71. The minimum absolute atomic E-state index is 0.00351. The summed E-state index contributed by atoms with van der Waals surface area (Å²) in [6.45, 7) is 2.66. The molecule has 13 heteroatoms. The van der Waals surface area contributed by atoms with Gasteiger partial charge in [0.2, 0.25) is 11.9 Å². The largest absolute Gasteiger partial charge is 0.433 e. The molecule has 8 nitrogen and oxygen atoms in total. The van der Waals surface area contributed by atoms with Gasteiger partial charge in [-0.25, -0.2) is 23.3 Å². The normalized spacial score (nSPS) is 11.4. The molecule has 0 aromatic carbocycles. The van der Waals surface area contributed by atoms with E-state index in [4.69, 9.17) is 5.73 Å². The van der Waals surface area contributed by atoms with Gasteiger partial charge in [-0.2, -0.15) is 18.2 Å². The standard InChI is InChI=1S/C12H13F5N4.C7H10N4.C2H2/c1-11(13,14)6-5-7-3-4-8(12(15,16)17)21-9(7)19-10(18-2)20-21;1-6-4-7(9-3-2-8)11-5-10-6;1-2/h3-4H,5-6H2,1-2H3,(H,18,20);2-5H,8H2,1H3,(H,9,10,11);1-2H/b;3-2+;. The number of halogens is 5. The van der Waals surface area contributed by atoms with E-state index in [1.807, 2.05) is 13.0 Å². The van der Waals surface area contributed by atoms with E-state index in [1.54, 1.807) is 6.20 Å². The number of rotatable bonds is 6. The number of hydrogen-bond acceptors (Lipinski definition) is 7. The molecule has 0 aliphatic carbocycles. The molecular formula is C21H25F5N8. The second kappa shape index (κ2) is 12.3. The highest BCUT2D eigenvalue weighted by atomic mass is 19.4. The van der Waals surface area contributed by atoms with E-state index in [-0.39, 0.29) is 18.0 Å². The third-order valence-electron chi connectivity index (χ3n) is 4.04. The van der Waals surface area contributed by atoms with Crippen molar-refractivity contribution >= 4 is 17.4 Å². The Morgan fingerprint density at radius 1 is 1.15 bits per heavy atom. The molecule has 184 valence electrons. The molecule has 0 amide bonds. The van der Waals surface area contributed by atoms with E-state index in [0.29, 0.717) is 10.1 Å². The van der Waals surface area contributed by atoms with Crippen LogP contribution in [0, 0.1) is 19.8 Å². The lowest BCUT2D eigenvalue weighted by molar-refractivity contribution is -0.142. The van der Waals surface area contributed by atoms with Crippen LogP contribution in [-0.4, -0.2) is 37.5 Å². The van der Waals surface area contributed by atoms with Crippen LogP contribution in [0.1, 0.15) is 30.3 Å². The fraction of sp³-hybridized carbons (Fsp3) is 0.333. The smallest absolute Gasteiger partial charge is 0.403 e. The molecule has 0 fully saturated rings. The van der Waals surface area contributed by atoms with Crippen molar-refractivity contribution in [2.45, 2.75) is 38.8 Å². The first kappa shape index (κ1) is 28.1. The van der Waals surface area contributed by atoms with Crippen molar-refractivity contribution in [1.29, 1.82) is 0 Å². The average Bonchev–Trinajstić information content (AvgIpc) is 3.21. The number of nitrogens with zero attached hydrogens (tertiary/aromatic N) is 5. The quantitative estimate of drug-likeness (QED) is 0.355. The van der Waals surface area contributed by atoms with Crippen molar-refractivity contribution < 1.29 is 22.0 Å². The Kier molecular flexibility index (Phi) is 10.2. The van der Waals surface area contributed by atoms with Crippen LogP contribution in [-0.2, 0) is 12.6 Å². The van der Waals surface area contributed by atoms with E-state index >= 15 is 0 Å². The fourth-order valence-electron chi connectivity index (χ4n) is 2.55. The zero-order valence-corrected chi connectivity index (χ0v) is 18.7. The number of pyridine rings is 1. The summed E-state index contributed by atoms with van der Waals surface area (Å²) in [7, 11) is 1.46. The van der Waals surface area contributed by atoms with E-state index in [1.165, 1.54) is 19.6 Å². The molecule has 0 atom stereocenters. The lowest BCUT2D eigenvalue weighted by atomic mass is 10.1. The number of aryl methyl sites for hydroxylation is 2. The molecular weight excluding hydrogens is 459 g/mol. The van der Waals surface area contributed by atoms with Gasteiger partial charge in [-0.1, -0.05) is 6.07 Å². The number of hydrogen-bond donors (Lipinski definition) is 3. The predicted octanol–water partition coefficient (Wildman–Crippen LogP) is 4.25. The third kappa shape index (κ3) is 8.53. The molecule has 4 N–H and O–H groups in total. The number of alkyl halides is 5. The summed E-state index contributed by atoms with van der Waals surface area (Å²) >= 11 is 0. The molecule has 34 heavy (non-hydrogen) atoms. The zero-order valence-electron chi connectivity index (χ0n) is 18.7. The van der Waals surface area contributed by atoms with Crippen LogP contribution < -0.4 is 16.4 Å². The molecule has 3 aromatic rings. The second-order valence-electron chi connectivity index (χ2n) is 6.78. The average molecular weight is 484 g/mol. The summed E-state index contributed by atoms with van der Waals surface area (Å²) < 4.78 is 65.2. The second-order valence-corrected chi connectivity index (χ2v) is 6.78. The van der Waals surface area contributed by atoms with Gasteiger partial charge in [0.05, 0.1) is 0 Å². The Labute approximate surface area is 193 Å². The number of anilines is 2. The molecule has 0 saturated heterocycles. The van der Waals surface area contributed by atoms with Gasteiger partial charge in [0.25, 0.3) is 0 Å². The molecule has 0 unspecified atom stereocenters. The lowest BCUT2D eigenvalue weighted by Crippen LogP contribution is -2.15. The molecule has 0 saturated carbocycles. The van der Waals surface area contributed by atoms with Crippen molar-refractivity contribution in [1.82, 2.24) is 24.6 Å². The van der Waals surface area contributed by atoms with Crippen LogP contribution in [0.4, 0.5) is 33.7 Å². The summed E-state index contributed by atoms with van der Waals surface area (Å²) in [4.78, 5) is 11.8. The molecule has 3 heterocycles. The maximum absolute atomic E-state index is 12.9. The monoisotopic (exact) mass is 484 g/mol. The summed E-state index contributed by atoms with van der Waals surface area (Å²) in [6, 6.07) is 3.82. The van der Waals surface area contributed by atoms with Crippen LogP contribution in [0.2, 0.25) is 0 Å². The molecule has 0 aliphatic rings. The Morgan fingerprint density at radius 2 is 1.82 bits per heavy atom. The van der Waals surface area contributed by atoms with Gasteiger partial charge in [-0.15, -0.1) is 17.9 Å². The third-order valence-corrected chi connectivity index (χ3v) is 4.04. The van der Waals surface area contributed by atoms with Crippen LogP contribution in [0.25, 0.3) is 5.65 Å². The number of nitrogens with two attached hydrogens (primary N) is 1. The molecule has 3 rings (SSSR count). The number of nitrogens with one attached hydrogen (secondary N) is 2. The van der Waals surface area contributed by atoms with Gasteiger partial charge in [0.1, 0.15) is 17.8 Å². The molecule has 0 radical (unpaired) electrons. The highest BCUT2D eigenvalue weighted by molar-refractivity contribution is 5.52. The van der Waals surface area contributed by atoms with Crippen molar-refractivity contribution in [3.8, 4) is 12.8 Å². The molecule has 3 aromatic heterocycles. The van der Waals surface area contributed by atoms with Crippen molar-refractivity contribution in [3.05, 3.63) is 53.9 Å². The minimum atomic E-state index is -4.61. The van der Waals surface area contributed by atoms with Gasteiger partial charge >= 0.3 is 6.18 Å². The van der Waals surface area contributed by atoms with Gasteiger partial charge in [0.15, 0.2) is 5.65 Å². The lowest BCUT2D eigenvalue weighted by Gasteiger charge is -2.12. The van der Waals surface area contributed by atoms with Gasteiger partial charge < -0.3 is 16.4 Å². The van der Waals surface area contributed by atoms with Gasteiger partial charge in [-0.3, -0.25) is 0 Å². The molecule has 0 aliphatic heterocycles. The van der Waals surface area contributed by atoms with Crippen molar-refractivity contribution in [3.63, 3.8) is 0 Å². The number of aromatic nitrogens is 5.